The summed E-state index contributed by atoms with van der Waals surface area (Å²) in [6.07, 6.45) is 0.519. The van der Waals surface area contributed by atoms with Gasteiger partial charge in [0.2, 0.25) is 11.8 Å². The number of hydrogen-bond donors (Lipinski definition) is 3. The molecule has 0 saturated carbocycles. The molecule has 0 radical (unpaired) electrons. The normalized spacial score (nSPS) is 17.7. The van der Waals surface area contributed by atoms with Crippen molar-refractivity contribution in [3.8, 4) is 5.75 Å². The fourth-order valence-corrected chi connectivity index (χ4v) is 5.50. The maximum atomic E-state index is 12.8. The van der Waals surface area contributed by atoms with Crippen LogP contribution in [0.3, 0.4) is 0 Å². The van der Waals surface area contributed by atoms with E-state index in [1.54, 1.807) is 30.3 Å². The number of imide groups is 1. The maximum absolute atomic E-state index is 12.8. The molecule has 1 saturated heterocycles. The molecule has 0 bridgehead atoms. The smallest absolute Gasteiger partial charge is 0.319 e. The molecule has 38 heavy (non-hydrogen) atoms. The van der Waals surface area contributed by atoms with E-state index in [0.29, 0.717) is 28.4 Å². The van der Waals surface area contributed by atoms with Gasteiger partial charge in [-0.3, -0.25) is 19.7 Å². The molecular weight excluding hydrogens is 524 g/mol. The van der Waals surface area contributed by atoms with E-state index in [-0.39, 0.29) is 36.4 Å². The Morgan fingerprint density at radius 1 is 1.16 bits per heavy atom. The van der Waals surface area contributed by atoms with Crippen molar-refractivity contribution in [3.05, 3.63) is 58.1 Å². The molecule has 1 atom stereocenters. The summed E-state index contributed by atoms with van der Waals surface area (Å²) in [6, 6.07) is 9.44. The van der Waals surface area contributed by atoms with E-state index in [1.165, 1.54) is 4.90 Å². The van der Waals surface area contributed by atoms with Gasteiger partial charge in [-0.1, -0.05) is 44.5 Å². The highest BCUT2D eigenvalue weighted by atomic mass is 35.5. The molecule has 2 aromatic carbocycles. The van der Waals surface area contributed by atoms with Crippen molar-refractivity contribution >= 4 is 49.4 Å². The van der Waals surface area contributed by atoms with Crippen molar-refractivity contribution in [2.24, 2.45) is 0 Å². The molecule has 4 rings (SSSR count). The number of piperidine rings is 1. The lowest BCUT2D eigenvalue weighted by Crippen LogP contribution is -2.52. The van der Waals surface area contributed by atoms with Crippen LogP contribution >= 0.6 is 11.6 Å². The van der Waals surface area contributed by atoms with Crippen LogP contribution in [0.15, 0.2) is 36.4 Å². The number of anilines is 1. The highest BCUT2D eigenvalue weighted by molar-refractivity contribution is 6.74. The summed E-state index contributed by atoms with van der Waals surface area (Å²) in [5, 5.41) is 8.35. The highest BCUT2D eigenvalue weighted by Crippen LogP contribution is 2.39. The van der Waals surface area contributed by atoms with E-state index in [1.807, 2.05) is 6.07 Å². The van der Waals surface area contributed by atoms with Gasteiger partial charge in [0.15, 0.2) is 0 Å². The summed E-state index contributed by atoms with van der Waals surface area (Å²) in [7, 11) is -2.05. The van der Waals surface area contributed by atoms with Gasteiger partial charge in [-0.05, 0) is 59.9 Å². The molecular formula is C27H33ClN4O5Si. The van der Waals surface area contributed by atoms with E-state index in [0.717, 1.165) is 11.1 Å². The first-order chi connectivity index (χ1) is 17.7. The molecule has 202 valence electrons. The Morgan fingerprint density at radius 2 is 1.89 bits per heavy atom. The second kappa shape index (κ2) is 10.4. The minimum Gasteiger partial charge on any atom is -0.543 e. The Bertz CT molecular complexity index is 1310. The minimum absolute atomic E-state index is 0.0290. The van der Waals surface area contributed by atoms with Gasteiger partial charge >= 0.3 is 6.03 Å². The predicted octanol–water partition coefficient (Wildman–Crippen LogP) is 4.81. The molecule has 1 unspecified atom stereocenters. The number of carbonyl (C=O) groups excluding carboxylic acids is 4. The summed E-state index contributed by atoms with van der Waals surface area (Å²) < 4.78 is 6.28. The van der Waals surface area contributed by atoms with E-state index >= 15 is 0 Å². The van der Waals surface area contributed by atoms with E-state index in [9.17, 15) is 19.2 Å². The quantitative estimate of drug-likeness (QED) is 0.349. The molecule has 11 heteroatoms. The predicted molar refractivity (Wildman–Crippen MR) is 148 cm³/mol. The van der Waals surface area contributed by atoms with Crippen LogP contribution in [0.25, 0.3) is 0 Å². The zero-order valence-electron chi connectivity index (χ0n) is 22.2. The summed E-state index contributed by atoms with van der Waals surface area (Å²) in [5.41, 5.74) is 2.66. The largest absolute Gasteiger partial charge is 0.543 e. The molecule has 0 aliphatic carbocycles. The van der Waals surface area contributed by atoms with Crippen molar-refractivity contribution in [2.75, 3.05) is 5.32 Å². The van der Waals surface area contributed by atoms with Gasteiger partial charge in [0, 0.05) is 30.8 Å². The SMILES string of the molecule is CC(C)(C)[Si](C)(C)Oc1ccc(NC(=O)NCc2ccc3c(c2)CN(C2CCC(=O)NC2=O)C3=O)cc1Cl. The Labute approximate surface area is 228 Å². The molecule has 2 aromatic rings. The number of nitrogens with one attached hydrogen (secondary N) is 3. The first-order valence-electron chi connectivity index (χ1n) is 12.5. The van der Waals surface area contributed by atoms with Gasteiger partial charge in [0.1, 0.15) is 11.8 Å². The Kier molecular flexibility index (Phi) is 7.58. The summed E-state index contributed by atoms with van der Waals surface area (Å²) in [5.74, 6) is -0.395. The maximum Gasteiger partial charge on any atom is 0.319 e. The van der Waals surface area contributed by atoms with Gasteiger partial charge in [-0.15, -0.1) is 0 Å². The number of amides is 5. The Hall–Kier alpha value is -3.37. The zero-order chi connectivity index (χ0) is 27.8. The van der Waals surface area contributed by atoms with Gasteiger partial charge in [0.25, 0.3) is 14.2 Å². The van der Waals surface area contributed by atoms with Crippen LogP contribution in [0.5, 0.6) is 5.75 Å². The van der Waals surface area contributed by atoms with Gasteiger partial charge in [-0.25, -0.2) is 4.79 Å². The van der Waals surface area contributed by atoms with Crippen LogP contribution in [-0.2, 0) is 22.7 Å². The number of fused-ring (bicyclic) bond motifs is 1. The van der Waals surface area contributed by atoms with Gasteiger partial charge < -0.3 is 20.0 Å². The minimum atomic E-state index is -2.05. The topological polar surface area (TPSA) is 117 Å². The van der Waals surface area contributed by atoms with E-state index in [4.69, 9.17) is 16.0 Å². The molecule has 0 spiro atoms. The fourth-order valence-electron chi connectivity index (χ4n) is 4.18. The number of carbonyl (C=O) groups is 4. The molecule has 1 fully saturated rings. The number of halogens is 1. The number of benzene rings is 2. The average Bonchev–Trinajstić information content (AvgIpc) is 3.14. The Balaban J connectivity index is 1.34. The third-order valence-electron chi connectivity index (χ3n) is 7.40. The molecule has 9 nitrogen and oxygen atoms in total. The van der Waals surface area contributed by atoms with Crippen molar-refractivity contribution in [2.45, 2.75) is 70.9 Å². The Morgan fingerprint density at radius 3 is 2.55 bits per heavy atom. The third-order valence-corrected chi connectivity index (χ3v) is 12.0. The number of urea groups is 1. The lowest BCUT2D eigenvalue weighted by Gasteiger charge is -2.36. The summed E-state index contributed by atoms with van der Waals surface area (Å²) in [6.45, 7) is 11.3. The lowest BCUT2D eigenvalue weighted by atomic mass is 10.0. The monoisotopic (exact) mass is 556 g/mol. The van der Waals surface area contributed by atoms with Gasteiger partial charge in [-0.2, -0.15) is 0 Å². The first kappa shape index (κ1) is 27.7. The molecule has 2 aliphatic heterocycles. The number of nitrogens with zero attached hydrogens (tertiary/aromatic N) is 1. The molecule has 0 aromatic heterocycles. The molecule has 2 aliphatic rings. The van der Waals surface area contributed by atoms with Crippen LogP contribution in [0.4, 0.5) is 10.5 Å². The first-order valence-corrected chi connectivity index (χ1v) is 15.8. The molecule has 3 N–H and O–H groups in total. The van der Waals surface area contributed by atoms with Crippen molar-refractivity contribution in [1.82, 2.24) is 15.5 Å². The lowest BCUT2D eigenvalue weighted by molar-refractivity contribution is -0.136. The fraction of sp³-hybridized carbons (Fsp3) is 0.407. The van der Waals surface area contributed by atoms with E-state index in [2.05, 4.69) is 49.8 Å². The number of rotatable bonds is 6. The van der Waals surface area contributed by atoms with Gasteiger partial charge in [0.05, 0.1) is 5.02 Å². The summed E-state index contributed by atoms with van der Waals surface area (Å²) >= 11 is 6.44. The average molecular weight is 557 g/mol. The van der Waals surface area contributed by atoms with E-state index < -0.39 is 26.3 Å². The standard InChI is InChI=1S/C27H33ClN4O5Si/c1-27(2,3)38(4,5)37-22-10-7-18(13-20(22)28)30-26(36)29-14-16-6-8-19-17(12-16)15-32(25(19)35)21-9-11-23(33)31-24(21)34/h6-8,10,12-13,21H,9,11,14-15H2,1-5H3,(H2,29,30,36)(H,31,33,34). The highest BCUT2D eigenvalue weighted by Gasteiger charge is 2.40. The van der Waals surface area contributed by atoms with Crippen LogP contribution in [0.2, 0.25) is 23.2 Å². The third kappa shape index (κ3) is 5.86. The second-order valence-electron chi connectivity index (χ2n) is 11.2. The van der Waals surface area contributed by atoms with Crippen molar-refractivity contribution < 1.29 is 23.6 Å². The summed E-state index contributed by atoms with van der Waals surface area (Å²) in [4.78, 5) is 50.5. The molecule has 5 amide bonds. The van der Waals surface area contributed by atoms with Crippen LogP contribution < -0.4 is 20.4 Å². The van der Waals surface area contributed by atoms with Crippen LogP contribution in [0, 0.1) is 0 Å². The second-order valence-corrected chi connectivity index (χ2v) is 16.3. The van der Waals surface area contributed by atoms with Crippen molar-refractivity contribution in [1.29, 1.82) is 0 Å². The zero-order valence-corrected chi connectivity index (χ0v) is 24.0. The van der Waals surface area contributed by atoms with Crippen molar-refractivity contribution in [3.63, 3.8) is 0 Å². The number of hydrogen-bond acceptors (Lipinski definition) is 5. The molecule has 2 heterocycles. The van der Waals surface area contributed by atoms with Crippen LogP contribution in [-0.4, -0.2) is 43.0 Å². The van der Waals surface area contributed by atoms with Crippen LogP contribution in [0.1, 0.15) is 55.1 Å².